The smallest absolute Gasteiger partial charge is 0.0402 e. The highest BCUT2D eigenvalue weighted by Gasteiger charge is 2.22. The molecule has 3 rings (SSSR count). The fraction of sp³-hybridized carbons (Fsp3) is 0.647. The molecular formula is C17H26N2. The van der Waals surface area contributed by atoms with E-state index in [1.165, 1.54) is 56.4 Å². The van der Waals surface area contributed by atoms with Crippen LogP contribution in [0.5, 0.6) is 0 Å². The highest BCUT2D eigenvalue weighted by atomic mass is 15.1. The summed E-state index contributed by atoms with van der Waals surface area (Å²) in [6, 6.07) is 6.86. The van der Waals surface area contributed by atoms with Crippen molar-refractivity contribution in [1.29, 1.82) is 0 Å². The number of piperidine rings is 1. The molecule has 19 heavy (non-hydrogen) atoms. The summed E-state index contributed by atoms with van der Waals surface area (Å²) >= 11 is 0. The Balaban J connectivity index is 1.73. The van der Waals surface area contributed by atoms with E-state index >= 15 is 0 Å². The number of benzene rings is 1. The number of fused-ring (bicyclic) bond motifs is 1. The van der Waals surface area contributed by atoms with Crippen LogP contribution in [-0.4, -0.2) is 19.6 Å². The second-order valence-electron chi connectivity index (χ2n) is 6.06. The average molecular weight is 258 g/mol. The topological polar surface area (TPSA) is 15.3 Å². The summed E-state index contributed by atoms with van der Waals surface area (Å²) in [5, 5.41) is 3.48. The van der Waals surface area contributed by atoms with Crippen molar-refractivity contribution < 1.29 is 0 Å². The number of rotatable bonds is 3. The molecule has 1 saturated heterocycles. The van der Waals surface area contributed by atoms with Crippen LogP contribution in [0.3, 0.4) is 0 Å². The van der Waals surface area contributed by atoms with E-state index in [4.69, 9.17) is 0 Å². The Kier molecular flexibility index (Phi) is 4.07. The van der Waals surface area contributed by atoms with Crippen molar-refractivity contribution in [3.8, 4) is 0 Å². The Bertz CT molecular complexity index is 419. The first kappa shape index (κ1) is 13.0. The van der Waals surface area contributed by atoms with Gasteiger partial charge in [-0.3, -0.25) is 0 Å². The predicted molar refractivity (Wildman–Crippen MR) is 81.7 cm³/mol. The SMILES string of the molecule is CCCC1CCN(c2cccc3c2CCNC3)CC1. The molecule has 1 N–H and O–H groups in total. The molecule has 104 valence electrons. The monoisotopic (exact) mass is 258 g/mol. The number of nitrogens with zero attached hydrogens (tertiary/aromatic N) is 1. The van der Waals surface area contributed by atoms with E-state index in [1.54, 1.807) is 5.56 Å². The molecule has 0 radical (unpaired) electrons. The van der Waals surface area contributed by atoms with Crippen molar-refractivity contribution in [2.75, 3.05) is 24.5 Å². The molecule has 0 atom stereocenters. The zero-order valence-corrected chi connectivity index (χ0v) is 12.1. The normalized spacial score (nSPS) is 20.4. The summed E-state index contributed by atoms with van der Waals surface area (Å²) in [6.07, 6.45) is 6.73. The molecule has 2 heteroatoms. The van der Waals surface area contributed by atoms with Crippen LogP contribution in [0, 0.1) is 5.92 Å². The van der Waals surface area contributed by atoms with Gasteiger partial charge in [-0.2, -0.15) is 0 Å². The van der Waals surface area contributed by atoms with E-state index in [-0.39, 0.29) is 0 Å². The minimum atomic E-state index is 0.974. The van der Waals surface area contributed by atoms with Gasteiger partial charge in [0.25, 0.3) is 0 Å². The molecule has 0 bridgehead atoms. The maximum Gasteiger partial charge on any atom is 0.0402 e. The molecule has 0 spiro atoms. The van der Waals surface area contributed by atoms with Gasteiger partial charge in [-0.05, 0) is 48.9 Å². The third kappa shape index (κ3) is 2.79. The van der Waals surface area contributed by atoms with Crippen LogP contribution in [0.4, 0.5) is 5.69 Å². The van der Waals surface area contributed by atoms with Gasteiger partial charge in [-0.1, -0.05) is 31.9 Å². The summed E-state index contributed by atoms with van der Waals surface area (Å²) in [6.45, 7) is 7.02. The third-order valence-corrected chi connectivity index (χ3v) is 4.77. The van der Waals surface area contributed by atoms with E-state index in [0.29, 0.717) is 0 Å². The first-order valence-electron chi connectivity index (χ1n) is 7.95. The molecule has 1 aromatic carbocycles. The Morgan fingerprint density at radius 2 is 2.11 bits per heavy atom. The quantitative estimate of drug-likeness (QED) is 0.894. The lowest BCUT2D eigenvalue weighted by Gasteiger charge is -2.36. The van der Waals surface area contributed by atoms with Crippen molar-refractivity contribution in [2.24, 2.45) is 5.92 Å². The van der Waals surface area contributed by atoms with Crippen molar-refractivity contribution >= 4 is 5.69 Å². The van der Waals surface area contributed by atoms with Crippen LogP contribution in [0.25, 0.3) is 0 Å². The largest absolute Gasteiger partial charge is 0.371 e. The minimum absolute atomic E-state index is 0.974. The van der Waals surface area contributed by atoms with Gasteiger partial charge >= 0.3 is 0 Å². The summed E-state index contributed by atoms with van der Waals surface area (Å²) in [4.78, 5) is 2.64. The van der Waals surface area contributed by atoms with Crippen LogP contribution in [0.2, 0.25) is 0 Å². The van der Waals surface area contributed by atoms with Crippen LogP contribution in [0.15, 0.2) is 18.2 Å². The molecule has 1 aromatic rings. The molecular weight excluding hydrogens is 232 g/mol. The lowest BCUT2D eigenvalue weighted by molar-refractivity contribution is 0.378. The van der Waals surface area contributed by atoms with Gasteiger partial charge in [-0.15, -0.1) is 0 Å². The summed E-state index contributed by atoms with van der Waals surface area (Å²) in [7, 11) is 0. The molecule has 2 aliphatic rings. The van der Waals surface area contributed by atoms with Crippen LogP contribution < -0.4 is 10.2 Å². The van der Waals surface area contributed by atoms with Crippen LogP contribution in [0.1, 0.15) is 43.7 Å². The molecule has 0 amide bonds. The Hall–Kier alpha value is -1.02. The predicted octanol–water partition coefficient (Wildman–Crippen LogP) is 3.35. The van der Waals surface area contributed by atoms with Crippen LogP contribution in [-0.2, 0) is 13.0 Å². The molecule has 0 unspecified atom stereocenters. The summed E-state index contributed by atoms with van der Waals surface area (Å²) in [5.74, 6) is 0.974. The summed E-state index contributed by atoms with van der Waals surface area (Å²) < 4.78 is 0. The lowest BCUT2D eigenvalue weighted by Crippen LogP contribution is -2.35. The fourth-order valence-electron chi connectivity index (χ4n) is 3.68. The number of hydrogen-bond acceptors (Lipinski definition) is 2. The molecule has 2 nitrogen and oxygen atoms in total. The Morgan fingerprint density at radius 1 is 1.26 bits per heavy atom. The van der Waals surface area contributed by atoms with Gasteiger partial charge in [0.15, 0.2) is 0 Å². The number of anilines is 1. The molecule has 0 aromatic heterocycles. The Morgan fingerprint density at radius 3 is 2.89 bits per heavy atom. The van der Waals surface area contributed by atoms with E-state index in [2.05, 4.69) is 35.3 Å². The molecule has 1 fully saturated rings. The second kappa shape index (κ2) is 5.96. The zero-order valence-electron chi connectivity index (χ0n) is 12.1. The van der Waals surface area contributed by atoms with Gasteiger partial charge < -0.3 is 10.2 Å². The van der Waals surface area contributed by atoms with Crippen molar-refractivity contribution in [3.63, 3.8) is 0 Å². The maximum atomic E-state index is 3.48. The van der Waals surface area contributed by atoms with Crippen molar-refractivity contribution in [1.82, 2.24) is 5.32 Å². The van der Waals surface area contributed by atoms with Crippen molar-refractivity contribution in [3.05, 3.63) is 29.3 Å². The maximum absolute atomic E-state index is 3.48. The average Bonchev–Trinajstić information content (AvgIpc) is 2.48. The molecule has 0 aliphatic carbocycles. The van der Waals surface area contributed by atoms with E-state index in [9.17, 15) is 0 Å². The minimum Gasteiger partial charge on any atom is -0.371 e. The second-order valence-corrected chi connectivity index (χ2v) is 6.06. The first-order valence-corrected chi connectivity index (χ1v) is 7.95. The zero-order chi connectivity index (χ0) is 13.1. The van der Waals surface area contributed by atoms with E-state index < -0.39 is 0 Å². The first-order chi connectivity index (χ1) is 9.38. The Labute approximate surface area is 117 Å². The van der Waals surface area contributed by atoms with Gasteiger partial charge in [0.1, 0.15) is 0 Å². The van der Waals surface area contributed by atoms with Gasteiger partial charge in [0.05, 0.1) is 0 Å². The van der Waals surface area contributed by atoms with Gasteiger partial charge in [0, 0.05) is 25.3 Å². The fourth-order valence-corrected chi connectivity index (χ4v) is 3.68. The van der Waals surface area contributed by atoms with Crippen LogP contribution >= 0.6 is 0 Å². The van der Waals surface area contributed by atoms with E-state index in [0.717, 1.165) is 19.0 Å². The molecule has 2 heterocycles. The molecule has 2 aliphatic heterocycles. The van der Waals surface area contributed by atoms with Gasteiger partial charge in [0.2, 0.25) is 0 Å². The number of hydrogen-bond donors (Lipinski definition) is 1. The van der Waals surface area contributed by atoms with Crippen molar-refractivity contribution in [2.45, 2.75) is 45.6 Å². The number of nitrogens with one attached hydrogen (secondary N) is 1. The van der Waals surface area contributed by atoms with E-state index in [1.807, 2.05) is 0 Å². The van der Waals surface area contributed by atoms with Gasteiger partial charge in [-0.25, -0.2) is 0 Å². The summed E-state index contributed by atoms with van der Waals surface area (Å²) in [5.41, 5.74) is 4.64. The highest BCUT2D eigenvalue weighted by Crippen LogP contribution is 2.31. The molecule has 0 saturated carbocycles. The lowest BCUT2D eigenvalue weighted by atomic mass is 9.91. The third-order valence-electron chi connectivity index (χ3n) is 4.77. The standard InChI is InChI=1S/C17H26N2/c1-2-4-14-8-11-19(12-9-14)17-6-3-5-15-13-18-10-7-16(15)17/h3,5-6,14,18H,2,4,7-13H2,1H3. The highest BCUT2D eigenvalue weighted by molar-refractivity contribution is 5.58.